The molecule has 0 radical (unpaired) electrons. The summed E-state index contributed by atoms with van der Waals surface area (Å²) in [5.74, 6) is 0.282. The fourth-order valence-corrected chi connectivity index (χ4v) is 4.81. The second-order valence-corrected chi connectivity index (χ2v) is 8.76. The molecule has 0 aliphatic rings. The molecule has 0 spiro atoms. The van der Waals surface area contributed by atoms with Crippen LogP contribution in [-0.4, -0.2) is 18.6 Å². The van der Waals surface area contributed by atoms with Gasteiger partial charge in [-0.05, 0) is 26.3 Å². The van der Waals surface area contributed by atoms with E-state index >= 15 is 0 Å². The van der Waals surface area contributed by atoms with E-state index < -0.39 is 10.0 Å². The van der Waals surface area contributed by atoms with Crippen LogP contribution in [0.2, 0.25) is 0 Å². The molecule has 0 amide bonds. The molecule has 0 saturated carbocycles. The van der Waals surface area contributed by atoms with Crippen molar-refractivity contribution in [3.8, 4) is 0 Å². The van der Waals surface area contributed by atoms with Crippen molar-refractivity contribution in [2.24, 2.45) is 0 Å². The number of nitrogens with one attached hydrogen (secondary N) is 1. The van der Waals surface area contributed by atoms with Crippen LogP contribution in [0.25, 0.3) is 0 Å². The summed E-state index contributed by atoms with van der Waals surface area (Å²) in [6, 6.07) is 8.34. The van der Waals surface area contributed by atoms with Crippen molar-refractivity contribution in [1.82, 2.24) is 14.9 Å². The Morgan fingerprint density at radius 2 is 1.88 bits per heavy atom. The standard InChI is InChI=1S/C17H19N3O3S2/c1-11-4-6-14(7-5-11)8-15-9-18-16(24-15)10-19-25(21,22)17-12(2)20-23-13(17)3/h4-7,9,19H,8,10H2,1-3H3. The fraction of sp³-hybridized carbons (Fsp3) is 0.294. The Morgan fingerprint density at radius 1 is 1.16 bits per heavy atom. The first-order valence-electron chi connectivity index (χ1n) is 7.77. The van der Waals surface area contributed by atoms with Crippen molar-refractivity contribution in [3.05, 3.63) is 62.9 Å². The third-order valence-electron chi connectivity index (χ3n) is 3.75. The average molecular weight is 377 g/mol. The van der Waals surface area contributed by atoms with Gasteiger partial charge in [-0.1, -0.05) is 35.0 Å². The van der Waals surface area contributed by atoms with E-state index in [1.807, 2.05) is 0 Å². The molecule has 0 bridgehead atoms. The van der Waals surface area contributed by atoms with Crippen LogP contribution in [0.3, 0.4) is 0 Å². The van der Waals surface area contributed by atoms with Crippen LogP contribution in [0.1, 0.15) is 32.5 Å². The summed E-state index contributed by atoms with van der Waals surface area (Å²) in [4.78, 5) is 5.51. The quantitative estimate of drug-likeness (QED) is 0.713. The number of hydrogen-bond donors (Lipinski definition) is 1. The van der Waals surface area contributed by atoms with Crippen molar-refractivity contribution in [2.75, 3.05) is 0 Å². The summed E-state index contributed by atoms with van der Waals surface area (Å²) >= 11 is 1.50. The molecule has 0 aliphatic heterocycles. The molecule has 3 rings (SSSR count). The number of thiazole rings is 1. The molecule has 0 aliphatic carbocycles. The molecule has 0 unspecified atom stereocenters. The highest BCUT2D eigenvalue weighted by atomic mass is 32.2. The van der Waals surface area contributed by atoms with Gasteiger partial charge in [0.15, 0.2) is 5.76 Å². The average Bonchev–Trinajstić information content (AvgIpc) is 3.14. The van der Waals surface area contributed by atoms with E-state index in [0.717, 1.165) is 16.3 Å². The molecule has 0 atom stereocenters. The SMILES string of the molecule is Cc1ccc(Cc2cnc(CNS(=O)(=O)c3c(C)noc3C)s2)cc1. The van der Waals surface area contributed by atoms with Crippen molar-refractivity contribution in [3.63, 3.8) is 0 Å². The van der Waals surface area contributed by atoms with Crippen molar-refractivity contribution < 1.29 is 12.9 Å². The monoisotopic (exact) mass is 377 g/mol. The molecule has 1 aromatic carbocycles. The summed E-state index contributed by atoms with van der Waals surface area (Å²) in [6.07, 6.45) is 2.58. The molecule has 8 heteroatoms. The molecule has 25 heavy (non-hydrogen) atoms. The maximum Gasteiger partial charge on any atom is 0.246 e. The van der Waals surface area contributed by atoms with Gasteiger partial charge in [0.05, 0.1) is 6.54 Å². The molecule has 2 aromatic heterocycles. The maximum absolute atomic E-state index is 12.4. The number of nitrogens with zero attached hydrogens (tertiary/aromatic N) is 2. The van der Waals surface area contributed by atoms with Crippen LogP contribution in [-0.2, 0) is 23.0 Å². The van der Waals surface area contributed by atoms with E-state index in [1.165, 1.54) is 22.5 Å². The van der Waals surface area contributed by atoms with Gasteiger partial charge in [0.25, 0.3) is 0 Å². The summed E-state index contributed by atoms with van der Waals surface area (Å²) in [7, 11) is -3.67. The predicted octanol–water partition coefficient (Wildman–Crippen LogP) is 3.13. The molecule has 132 valence electrons. The van der Waals surface area contributed by atoms with E-state index in [2.05, 4.69) is 46.1 Å². The molecule has 0 fully saturated rings. The molecule has 6 nitrogen and oxygen atoms in total. The van der Waals surface area contributed by atoms with Gasteiger partial charge >= 0.3 is 0 Å². The highest BCUT2D eigenvalue weighted by molar-refractivity contribution is 7.89. The third kappa shape index (κ3) is 4.15. The van der Waals surface area contributed by atoms with Crippen LogP contribution in [0.15, 0.2) is 39.9 Å². The lowest BCUT2D eigenvalue weighted by atomic mass is 10.1. The molecule has 3 aromatic rings. The molecular weight excluding hydrogens is 358 g/mol. The second-order valence-electron chi connectivity index (χ2n) is 5.86. The van der Waals surface area contributed by atoms with Gasteiger partial charge in [-0.15, -0.1) is 11.3 Å². The Morgan fingerprint density at radius 3 is 2.52 bits per heavy atom. The van der Waals surface area contributed by atoms with Gasteiger partial charge in [-0.2, -0.15) is 0 Å². The second kappa shape index (κ2) is 7.07. The van der Waals surface area contributed by atoms with Crippen LogP contribution in [0, 0.1) is 20.8 Å². The van der Waals surface area contributed by atoms with Gasteiger partial charge < -0.3 is 4.52 Å². The lowest BCUT2D eigenvalue weighted by molar-refractivity contribution is 0.390. The summed E-state index contributed by atoms with van der Waals surface area (Å²) in [6.45, 7) is 5.39. The van der Waals surface area contributed by atoms with E-state index in [9.17, 15) is 8.42 Å². The van der Waals surface area contributed by atoms with Crippen LogP contribution >= 0.6 is 11.3 Å². The van der Waals surface area contributed by atoms with E-state index in [-0.39, 0.29) is 17.2 Å². The maximum atomic E-state index is 12.4. The number of benzene rings is 1. The number of aromatic nitrogens is 2. The lowest BCUT2D eigenvalue weighted by Crippen LogP contribution is -2.24. The fourth-order valence-electron chi connectivity index (χ4n) is 2.51. The Bertz CT molecular complexity index is 953. The normalized spacial score (nSPS) is 11.8. The van der Waals surface area contributed by atoms with Crippen LogP contribution in [0.5, 0.6) is 0 Å². The first-order chi connectivity index (χ1) is 11.8. The number of hydrogen-bond acceptors (Lipinski definition) is 6. The smallest absolute Gasteiger partial charge is 0.246 e. The minimum Gasteiger partial charge on any atom is -0.360 e. The van der Waals surface area contributed by atoms with Crippen molar-refractivity contribution in [2.45, 2.75) is 38.6 Å². The van der Waals surface area contributed by atoms with E-state index in [1.54, 1.807) is 20.0 Å². The van der Waals surface area contributed by atoms with Gasteiger partial charge in [0, 0.05) is 17.5 Å². The Labute approximate surface area is 151 Å². The van der Waals surface area contributed by atoms with Gasteiger partial charge in [-0.25, -0.2) is 18.1 Å². The molecule has 1 N–H and O–H groups in total. The molecule has 0 saturated heterocycles. The topological polar surface area (TPSA) is 85.1 Å². The zero-order valence-corrected chi connectivity index (χ0v) is 15.9. The summed E-state index contributed by atoms with van der Waals surface area (Å²) in [5.41, 5.74) is 2.78. The predicted molar refractivity (Wildman–Crippen MR) is 96.1 cm³/mol. The first-order valence-corrected chi connectivity index (χ1v) is 10.1. The zero-order chi connectivity index (χ0) is 18.0. The largest absolute Gasteiger partial charge is 0.360 e. The zero-order valence-electron chi connectivity index (χ0n) is 14.2. The van der Waals surface area contributed by atoms with Crippen molar-refractivity contribution in [1.29, 1.82) is 0 Å². The lowest BCUT2D eigenvalue weighted by Gasteiger charge is -2.04. The Kier molecular flexibility index (Phi) is 5.03. The number of aryl methyl sites for hydroxylation is 3. The first kappa shape index (κ1) is 17.8. The Balaban J connectivity index is 1.66. The summed E-state index contributed by atoms with van der Waals surface area (Å²) in [5, 5.41) is 4.41. The highest BCUT2D eigenvalue weighted by Crippen LogP contribution is 2.21. The van der Waals surface area contributed by atoms with Crippen LogP contribution < -0.4 is 4.72 Å². The van der Waals surface area contributed by atoms with Gasteiger partial charge in [0.1, 0.15) is 15.6 Å². The molecular formula is C17H19N3O3S2. The Hall–Kier alpha value is -2.03. The molecule has 2 heterocycles. The minimum absolute atomic E-state index is 0.101. The van der Waals surface area contributed by atoms with Gasteiger partial charge in [-0.3, -0.25) is 0 Å². The minimum atomic E-state index is -3.67. The number of sulfonamides is 1. The summed E-state index contributed by atoms with van der Waals surface area (Å²) < 4.78 is 32.3. The van der Waals surface area contributed by atoms with Crippen molar-refractivity contribution >= 4 is 21.4 Å². The highest BCUT2D eigenvalue weighted by Gasteiger charge is 2.24. The van der Waals surface area contributed by atoms with Crippen LogP contribution in [0.4, 0.5) is 0 Å². The van der Waals surface area contributed by atoms with E-state index in [0.29, 0.717) is 5.69 Å². The van der Waals surface area contributed by atoms with Gasteiger partial charge in [0.2, 0.25) is 10.0 Å². The van der Waals surface area contributed by atoms with E-state index in [4.69, 9.17) is 4.52 Å². The number of rotatable bonds is 6. The third-order valence-corrected chi connectivity index (χ3v) is 6.39.